The van der Waals surface area contributed by atoms with Crippen LogP contribution in [-0.2, 0) is 5.41 Å². The van der Waals surface area contributed by atoms with Gasteiger partial charge in [-0.15, -0.1) is 0 Å². The largest absolute Gasteiger partial charge is 0.440 e. The summed E-state index contributed by atoms with van der Waals surface area (Å²) in [5.41, 5.74) is 2.47. The molecule has 0 radical (unpaired) electrons. The Balaban J connectivity index is 2.19. The minimum absolute atomic E-state index is 0.0927. The zero-order chi connectivity index (χ0) is 14.8. The van der Waals surface area contributed by atoms with E-state index in [0.29, 0.717) is 5.11 Å². The molecule has 0 aliphatic rings. The van der Waals surface area contributed by atoms with E-state index < -0.39 is 0 Å². The predicted octanol–water partition coefficient (Wildman–Crippen LogP) is 3.82. The Morgan fingerprint density at radius 3 is 2.75 bits per heavy atom. The summed E-state index contributed by atoms with van der Waals surface area (Å²) >= 11 is 5.22. The van der Waals surface area contributed by atoms with Gasteiger partial charge in [-0.05, 0) is 36.8 Å². The van der Waals surface area contributed by atoms with Crippen molar-refractivity contribution >= 4 is 34.1 Å². The molecule has 1 aromatic carbocycles. The van der Waals surface area contributed by atoms with Crippen LogP contribution >= 0.6 is 12.2 Å². The average molecular weight is 291 g/mol. The first-order chi connectivity index (χ1) is 9.40. The van der Waals surface area contributed by atoms with E-state index in [2.05, 4.69) is 43.3 Å². The molecule has 1 aromatic heterocycles. The van der Waals surface area contributed by atoms with Crippen molar-refractivity contribution in [1.82, 2.24) is 10.3 Å². The molecule has 0 bridgehead atoms. The topological polar surface area (TPSA) is 50.1 Å². The number of rotatable bonds is 3. The van der Waals surface area contributed by atoms with Crippen molar-refractivity contribution in [3.63, 3.8) is 0 Å². The maximum absolute atomic E-state index is 5.77. The van der Waals surface area contributed by atoms with Crippen LogP contribution in [0.15, 0.2) is 22.6 Å². The zero-order valence-electron chi connectivity index (χ0n) is 12.4. The molecule has 0 spiro atoms. The molecule has 0 aliphatic heterocycles. The molecule has 0 aliphatic carbocycles. The molecule has 0 atom stereocenters. The van der Waals surface area contributed by atoms with Crippen molar-refractivity contribution in [1.29, 1.82) is 0 Å². The highest BCUT2D eigenvalue weighted by molar-refractivity contribution is 7.80. The fourth-order valence-electron chi connectivity index (χ4n) is 1.74. The minimum atomic E-state index is -0.0927. The van der Waals surface area contributed by atoms with E-state index in [1.54, 1.807) is 0 Å². The third-order valence-corrected chi connectivity index (χ3v) is 3.07. The molecule has 1 heterocycles. The van der Waals surface area contributed by atoms with Gasteiger partial charge in [-0.1, -0.05) is 27.7 Å². The number of hydrogen-bond acceptors (Lipinski definition) is 3. The van der Waals surface area contributed by atoms with Gasteiger partial charge in [-0.3, -0.25) is 0 Å². The van der Waals surface area contributed by atoms with Gasteiger partial charge in [0.05, 0.1) is 0 Å². The van der Waals surface area contributed by atoms with Crippen molar-refractivity contribution in [3.8, 4) is 0 Å². The number of aromatic nitrogens is 1. The van der Waals surface area contributed by atoms with Crippen molar-refractivity contribution in [3.05, 3.63) is 24.1 Å². The van der Waals surface area contributed by atoms with Gasteiger partial charge in [0.2, 0.25) is 5.89 Å². The number of nitrogens with zero attached hydrogens (tertiary/aromatic N) is 1. The van der Waals surface area contributed by atoms with Crippen LogP contribution in [-0.4, -0.2) is 16.6 Å². The van der Waals surface area contributed by atoms with E-state index >= 15 is 0 Å². The summed E-state index contributed by atoms with van der Waals surface area (Å²) in [5.74, 6) is 0.747. The zero-order valence-corrected chi connectivity index (χ0v) is 13.2. The van der Waals surface area contributed by atoms with Crippen LogP contribution in [0.4, 0.5) is 5.69 Å². The number of oxazole rings is 1. The molecule has 0 unspecified atom stereocenters. The third-order valence-electron chi connectivity index (χ3n) is 2.82. The van der Waals surface area contributed by atoms with Gasteiger partial charge >= 0.3 is 0 Å². The summed E-state index contributed by atoms with van der Waals surface area (Å²) < 4.78 is 5.77. The van der Waals surface area contributed by atoms with Crippen LogP contribution in [0, 0.1) is 0 Å². The summed E-state index contributed by atoms with van der Waals surface area (Å²) in [4.78, 5) is 4.54. The van der Waals surface area contributed by atoms with Crippen LogP contribution in [0.25, 0.3) is 11.1 Å². The van der Waals surface area contributed by atoms with Gasteiger partial charge < -0.3 is 15.1 Å². The Hall–Kier alpha value is -1.62. The van der Waals surface area contributed by atoms with E-state index in [-0.39, 0.29) is 5.41 Å². The SMILES string of the molecule is CCCNC(=S)Nc1ccc2oc(C(C)(C)C)nc2c1. The fraction of sp³-hybridized carbons (Fsp3) is 0.467. The molecule has 2 aromatic rings. The second-order valence-corrected chi connectivity index (χ2v) is 6.24. The Bertz CT molecular complexity index is 613. The summed E-state index contributed by atoms with van der Waals surface area (Å²) in [6.45, 7) is 9.22. The van der Waals surface area contributed by atoms with Crippen LogP contribution in [0.5, 0.6) is 0 Å². The lowest BCUT2D eigenvalue weighted by atomic mass is 9.97. The van der Waals surface area contributed by atoms with Crippen molar-refractivity contribution in [2.24, 2.45) is 0 Å². The number of benzene rings is 1. The first-order valence-electron chi connectivity index (χ1n) is 6.86. The third kappa shape index (κ3) is 3.48. The molecule has 0 amide bonds. The van der Waals surface area contributed by atoms with Crippen LogP contribution in [0.3, 0.4) is 0 Å². The highest BCUT2D eigenvalue weighted by Gasteiger charge is 2.20. The summed E-state index contributed by atoms with van der Waals surface area (Å²) in [7, 11) is 0. The van der Waals surface area contributed by atoms with E-state index in [1.807, 2.05) is 18.2 Å². The summed E-state index contributed by atoms with van der Waals surface area (Å²) in [6.07, 6.45) is 1.04. The van der Waals surface area contributed by atoms with E-state index in [9.17, 15) is 0 Å². The summed E-state index contributed by atoms with van der Waals surface area (Å²) in [5, 5.41) is 6.92. The van der Waals surface area contributed by atoms with Crippen molar-refractivity contribution in [2.45, 2.75) is 39.5 Å². The van der Waals surface area contributed by atoms with E-state index in [1.165, 1.54) is 0 Å². The van der Waals surface area contributed by atoms with E-state index in [4.69, 9.17) is 16.6 Å². The standard InChI is InChI=1S/C15H21N3OS/c1-5-8-16-14(20)17-10-6-7-12-11(9-10)18-13(19-12)15(2,3)4/h6-7,9H,5,8H2,1-4H3,(H2,16,17,20). The maximum Gasteiger partial charge on any atom is 0.200 e. The van der Waals surface area contributed by atoms with Gasteiger partial charge in [0.1, 0.15) is 5.52 Å². The molecule has 0 saturated carbocycles. The lowest BCUT2D eigenvalue weighted by molar-refractivity contribution is 0.411. The number of thiocarbonyl (C=S) groups is 1. The predicted molar refractivity (Wildman–Crippen MR) is 87.2 cm³/mol. The van der Waals surface area contributed by atoms with Gasteiger partial charge in [-0.25, -0.2) is 4.98 Å². The lowest BCUT2D eigenvalue weighted by Crippen LogP contribution is -2.28. The molecule has 0 fully saturated rings. The quantitative estimate of drug-likeness (QED) is 0.842. The van der Waals surface area contributed by atoms with Crippen molar-refractivity contribution in [2.75, 3.05) is 11.9 Å². The number of hydrogen-bond donors (Lipinski definition) is 2. The maximum atomic E-state index is 5.77. The number of anilines is 1. The molecule has 108 valence electrons. The molecule has 0 saturated heterocycles. The first-order valence-corrected chi connectivity index (χ1v) is 7.27. The first kappa shape index (κ1) is 14.8. The van der Waals surface area contributed by atoms with Crippen LogP contribution in [0.1, 0.15) is 40.0 Å². The normalized spacial score (nSPS) is 11.6. The Kier molecular flexibility index (Phi) is 4.28. The molecular weight excluding hydrogens is 270 g/mol. The Labute approximate surface area is 125 Å². The van der Waals surface area contributed by atoms with Gasteiger partial charge in [0.25, 0.3) is 0 Å². The van der Waals surface area contributed by atoms with Crippen LogP contribution in [0.2, 0.25) is 0 Å². The van der Waals surface area contributed by atoms with Gasteiger partial charge in [0.15, 0.2) is 10.7 Å². The lowest BCUT2D eigenvalue weighted by Gasteiger charge is -2.11. The molecule has 5 heteroatoms. The second-order valence-electron chi connectivity index (χ2n) is 5.83. The highest BCUT2D eigenvalue weighted by atomic mass is 32.1. The molecule has 20 heavy (non-hydrogen) atoms. The van der Waals surface area contributed by atoms with Gasteiger partial charge in [-0.2, -0.15) is 0 Å². The summed E-state index contributed by atoms with van der Waals surface area (Å²) in [6, 6.07) is 5.82. The second kappa shape index (κ2) is 5.79. The minimum Gasteiger partial charge on any atom is -0.440 e. The molecule has 2 N–H and O–H groups in total. The van der Waals surface area contributed by atoms with Crippen LogP contribution < -0.4 is 10.6 Å². The van der Waals surface area contributed by atoms with E-state index in [0.717, 1.165) is 35.6 Å². The Morgan fingerprint density at radius 2 is 2.10 bits per heavy atom. The van der Waals surface area contributed by atoms with Crippen molar-refractivity contribution < 1.29 is 4.42 Å². The Morgan fingerprint density at radius 1 is 1.35 bits per heavy atom. The number of fused-ring (bicyclic) bond motifs is 1. The smallest absolute Gasteiger partial charge is 0.200 e. The average Bonchev–Trinajstić information content (AvgIpc) is 2.79. The fourth-order valence-corrected chi connectivity index (χ4v) is 1.96. The molecular formula is C15H21N3OS. The highest BCUT2D eigenvalue weighted by Crippen LogP contribution is 2.27. The molecule has 2 rings (SSSR count). The monoisotopic (exact) mass is 291 g/mol. The number of nitrogens with one attached hydrogen (secondary N) is 2. The molecule has 4 nitrogen and oxygen atoms in total. The van der Waals surface area contributed by atoms with Gasteiger partial charge in [0, 0.05) is 17.6 Å².